The van der Waals surface area contributed by atoms with Crippen LogP contribution in [0.5, 0.6) is 0 Å². The van der Waals surface area contributed by atoms with Crippen molar-refractivity contribution >= 4 is 11.9 Å². The van der Waals surface area contributed by atoms with Gasteiger partial charge in [0.05, 0.1) is 25.4 Å². The first-order valence-corrected chi connectivity index (χ1v) is 27.1. The van der Waals surface area contributed by atoms with Crippen molar-refractivity contribution in [1.82, 2.24) is 5.32 Å². The third-order valence-corrected chi connectivity index (χ3v) is 12.0. The van der Waals surface area contributed by atoms with E-state index < -0.39 is 12.1 Å². The van der Waals surface area contributed by atoms with Crippen LogP contribution >= 0.6 is 0 Å². The first kappa shape index (κ1) is 60.6. The molecule has 63 heavy (non-hydrogen) atoms. The minimum absolute atomic E-state index is 0.0321. The van der Waals surface area contributed by atoms with Crippen molar-refractivity contribution in [1.29, 1.82) is 0 Å². The number of nitrogens with one attached hydrogen (secondary N) is 1. The van der Waals surface area contributed by atoms with Crippen LogP contribution in [0.3, 0.4) is 0 Å². The van der Waals surface area contributed by atoms with Gasteiger partial charge in [-0.05, 0) is 96.3 Å². The zero-order valence-electron chi connectivity index (χ0n) is 41.5. The van der Waals surface area contributed by atoms with E-state index in [2.05, 4.69) is 67.8 Å². The van der Waals surface area contributed by atoms with Crippen molar-refractivity contribution < 1.29 is 24.5 Å². The van der Waals surface area contributed by atoms with Gasteiger partial charge >= 0.3 is 5.97 Å². The molecule has 0 radical (unpaired) electrons. The first-order chi connectivity index (χ1) is 31.0. The quantitative estimate of drug-likeness (QED) is 0.0321. The lowest BCUT2D eigenvalue weighted by atomic mass is 10.0. The molecule has 0 aromatic carbocycles. The number of amides is 1. The molecule has 0 aromatic rings. The lowest BCUT2D eigenvalue weighted by molar-refractivity contribution is -0.143. The maximum atomic E-state index is 12.4. The van der Waals surface area contributed by atoms with Gasteiger partial charge in [0, 0.05) is 12.8 Å². The molecule has 0 spiro atoms. The van der Waals surface area contributed by atoms with Crippen molar-refractivity contribution in [2.75, 3.05) is 13.2 Å². The standard InChI is InChI=1S/C57H103NO5/c1-3-5-7-9-11-13-15-17-22-25-29-33-37-41-45-49-55(60)54(53-59)58-56(61)50-46-42-38-34-30-26-23-20-19-21-24-28-32-36-40-44-48-52-63-57(62)51-47-43-39-35-31-27-18-16-14-12-10-8-6-4-2/h10,12,16,18-19,21,28,32,45,49,54-55,59-60H,3-9,11,13-15,17,20,22-27,29-31,33-44,46-48,50-53H2,1-2H3,(H,58,61)/b12-10-,18-16-,21-19-,32-28-,49-45+. The van der Waals surface area contributed by atoms with E-state index in [9.17, 15) is 19.8 Å². The molecule has 0 fully saturated rings. The second-order valence-electron chi connectivity index (χ2n) is 18.2. The molecule has 0 bridgehead atoms. The minimum Gasteiger partial charge on any atom is -0.466 e. The highest BCUT2D eigenvalue weighted by atomic mass is 16.5. The van der Waals surface area contributed by atoms with Crippen molar-refractivity contribution in [3.8, 4) is 0 Å². The number of esters is 1. The molecule has 0 saturated carbocycles. The van der Waals surface area contributed by atoms with Crippen LogP contribution in [0, 0.1) is 0 Å². The monoisotopic (exact) mass is 882 g/mol. The number of aliphatic hydroxyl groups excluding tert-OH is 2. The molecule has 0 aliphatic heterocycles. The number of aliphatic hydroxyl groups is 2. The number of carbonyl (C=O) groups is 2. The maximum Gasteiger partial charge on any atom is 0.305 e. The Labute approximate surface area is 390 Å². The third kappa shape index (κ3) is 48.8. The fourth-order valence-electron chi connectivity index (χ4n) is 7.80. The van der Waals surface area contributed by atoms with E-state index in [-0.39, 0.29) is 18.5 Å². The van der Waals surface area contributed by atoms with Crippen LogP contribution in [0.25, 0.3) is 0 Å². The van der Waals surface area contributed by atoms with Gasteiger partial charge in [0.2, 0.25) is 5.91 Å². The Balaban J connectivity index is 3.56. The number of ether oxygens (including phenoxy) is 1. The second kappa shape index (κ2) is 52.2. The zero-order valence-corrected chi connectivity index (χ0v) is 41.5. The van der Waals surface area contributed by atoms with Crippen LogP contribution in [0.15, 0.2) is 60.8 Å². The Morgan fingerprint density at radius 1 is 0.444 bits per heavy atom. The predicted octanol–water partition coefficient (Wildman–Crippen LogP) is 16.4. The Kier molecular flexibility index (Phi) is 50.2. The van der Waals surface area contributed by atoms with E-state index in [0.29, 0.717) is 19.4 Å². The van der Waals surface area contributed by atoms with E-state index in [1.807, 2.05) is 6.08 Å². The minimum atomic E-state index is -0.856. The average molecular weight is 882 g/mol. The van der Waals surface area contributed by atoms with Gasteiger partial charge in [0.25, 0.3) is 0 Å². The summed E-state index contributed by atoms with van der Waals surface area (Å²) in [5.74, 6) is -0.118. The topological polar surface area (TPSA) is 95.9 Å². The van der Waals surface area contributed by atoms with Gasteiger partial charge < -0.3 is 20.3 Å². The number of carbonyl (C=O) groups excluding carboxylic acids is 2. The summed E-state index contributed by atoms with van der Waals surface area (Å²) in [6.07, 6.45) is 66.5. The zero-order chi connectivity index (χ0) is 45.8. The molecular formula is C57H103NO5. The smallest absolute Gasteiger partial charge is 0.305 e. The van der Waals surface area contributed by atoms with Crippen molar-refractivity contribution in [3.05, 3.63) is 60.8 Å². The molecule has 0 rings (SSSR count). The Morgan fingerprint density at radius 2 is 0.810 bits per heavy atom. The molecule has 2 atom stereocenters. The van der Waals surface area contributed by atoms with Crippen LogP contribution in [-0.4, -0.2) is 47.4 Å². The summed E-state index contributed by atoms with van der Waals surface area (Å²) in [6, 6.07) is -0.641. The van der Waals surface area contributed by atoms with Gasteiger partial charge in [-0.1, -0.05) is 216 Å². The van der Waals surface area contributed by atoms with Gasteiger partial charge in [-0.25, -0.2) is 0 Å². The summed E-state index contributed by atoms with van der Waals surface area (Å²) >= 11 is 0. The highest BCUT2D eigenvalue weighted by Gasteiger charge is 2.18. The number of rotatable bonds is 49. The molecule has 0 aliphatic carbocycles. The summed E-state index contributed by atoms with van der Waals surface area (Å²) in [5.41, 5.74) is 0. The molecule has 3 N–H and O–H groups in total. The molecule has 0 saturated heterocycles. The molecule has 366 valence electrons. The molecule has 0 aromatic heterocycles. The van der Waals surface area contributed by atoms with Gasteiger partial charge in [0.15, 0.2) is 0 Å². The van der Waals surface area contributed by atoms with Gasteiger partial charge in [0.1, 0.15) is 0 Å². The molecule has 0 heterocycles. The highest BCUT2D eigenvalue weighted by molar-refractivity contribution is 5.76. The predicted molar refractivity (Wildman–Crippen MR) is 273 cm³/mol. The summed E-state index contributed by atoms with van der Waals surface area (Å²) in [4.78, 5) is 24.4. The molecule has 6 heteroatoms. The number of hydrogen-bond acceptors (Lipinski definition) is 5. The number of unbranched alkanes of at least 4 members (excludes halogenated alkanes) is 30. The molecule has 2 unspecified atom stereocenters. The number of hydrogen-bond donors (Lipinski definition) is 3. The van der Waals surface area contributed by atoms with Crippen molar-refractivity contribution in [3.63, 3.8) is 0 Å². The lowest BCUT2D eigenvalue weighted by Crippen LogP contribution is -2.45. The molecule has 0 aliphatic rings. The lowest BCUT2D eigenvalue weighted by Gasteiger charge is -2.20. The molecular weight excluding hydrogens is 779 g/mol. The average Bonchev–Trinajstić information content (AvgIpc) is 3.28. The van der Waals surface area contributed by atoms with Crippen LogP contribution < -0.4 is 5.32 Å². The van der Waals surface area contributed by atoms with Gasteiger partial charge in [-0.3, -0.25) is 9.59 Å². The van der Waals surface area contributed by atoms with Crippen LogP contribution in [0.4, 0.5) is 0 Å². The Morgan fingerprint density at radius 3 is 1.25 bits per heavy atom. The van der Waals surface area contributed by atoms with Crippen molar-refractivity contribution in [2.45, 2.75) is 276 Å². The fourth-order valence-corrected chi connectivity index (χ4v) is 7.80. The summed E-state index contributed by atoms with van der Waals surface area (Å²) < 4.78 is 5.43. The van der Waals surface area contributed by atoms with E-state index in [1.54, 1.807) is 6.08 Å². The second-order valence-corrected chi connectivity index (χ2v) is 18.2. The Bertz CT molecular complexity index is 1110. The SMILES string of the molecule is CCCC/C=C\C/C=C\CCCCCCCC(=O)OCCCCC/C=C\C/C=C\CCCCCCCCCC(=O)NC(CO)C(O)/C=C/CCCCCCCCCCCCCCC. The van der Waals surface area contributed by atoms with Crippen LogP contribution in [-0.2, 0) is 14.3 Å². The maximum absolute atomic E-state index is 12.4. The van der Waals surface area contributed by atoms with E-state index >= 15 is 0 Å². The normalized spacial score (nSPS) is 13.1. The van der Waals surface area contributed by atoms with Crippen LogP contribution in [0.2, 0.25) is 0 Å². The number of allylic oxidation sites excluding steroid dienone is 9. The van der Waals surface area contributed by atoms with Crippen LogP contribution in [0.1, 0.15) is 264 Å². The molecule has 1 amide bonds. The molecule has 6 nitrogen and oxygen atoms in total. The Hall–Kier alpha value is -2.44. The van der Waals surface area contributed by atoms with Crippen molar-refractivity contribution in [2.24, 2.45) is 0 Å². The van der Waals surface area contributed by atoms with E-state index in [1.165, 1.54) is 141 Å². The summed E-state index contributed by atoms with van der Waals surface area (Å²) in [7, 11) is 0. The largest absolute Gasteiger partial charge is 0.466 e. The van der Waals surface area contributed by atoms with E-state index in [4.69, 9.17) is 4.74 Å². The first-order valence-electron chi connectivity index (χ1n) is 27.1. The summed E-state index contributed by atoms with van der Waals surface area (Å²) in [6.45, 7) is 4.80. The van der Waals surface area contributed by atoms with Gasteiger partial charge in [-0.15, -0.1) is 0 Å². The highest BCUT2D eigenvalue weighted by Crippen LogP contribution is 2.15. The van der Waals surface area contributed by atoms with Gasteiger partial charge in [-0.2, -0.15) is 0 Å². The van der Waals surface area contributed by atoms with E-state index in [0.717, 1.165) is 96.3 Å². The third-order valence-electron chi connectivity index (χ3n) is 12.0. The fraction of sp³-hybridized carbons (Fsp3) is 0.789. The summed E-state index contributed by atoms with van der Waals surface area (Å²) in [5, 5.41) is 23.1.